The molecule has 0 saturated carbocycles. The zero-order valence-corrected chi connectivity index (χ0v) is 20.1. The van der Waals surface area contributed by atoms with Crippen molar-refractivity contribution in [3.05, 3.63) is 137 Å². The summed E-state index contributed by atoms with van der Waals surface area (Å²) in [4.78, 5) is 52.0. The van der Waals surface area contributed by atoms with Crippen molar-refractivity contribution in [3.63, 3.8) is 0 Å². The number of esters is 1. The molecule has 0 spiro atoms. The maximum Gasteiger partial charge on any atom is 0.313 e. The maximum atomic E-state index is 12.8. The predicted molar refractivity (Wildman–Crippen MR) is 139 cm³/mol. The lowest BCUT2D eigenvalue weighted by atomic mass is 9.96. The fraction of sp³-hybridized carbons (Fsp3) is 0.0968. The van der Waals surface area contributed by atoms with Gasteiger partial charge in [0.2, 0.25) is 0 Å². The summed E-state index contributed by atoms with van der Waals surface area (Å²) >= 11 is 0. The van der Waals surface area contributed by atoms with Gasteiger partial charge in [0.15, 0.2) is 5.78 Å². The van der Waals surface area contributed by atoms with E-state index in [1.807, 2.05) is 18.2 Å². The highest BCUT2D eigenvalue weighted by atomic mass is 16.5. The maximum absolute atomic E-state index is 12.8. The average molecular weight is 490 g/mol. The molecule has 0 bridgehead atoms. The molecule has 37 heavy (non-hydrogen) atoms. The molecule has 4 aromatic carbocycles. The summed E-state index contributed by atoms with van der Waals surface area (Å²) in [6.45, 7) is 1.77. The minimum absolute atomic E-state index is 0.0359. The Bertz CT molecular complexity index is 1470. The number of carbonyl (C=O) groups excluding carboxylic acids is 4. The molecular formula is C31H23NO5. The monoisotopic (exact) mass is 489 g/mol. The smallest absolute Gasteiger partial charge is 0.313 e. The molecule has 1 heterocycles. The lowest BCUT2D eigenvalue weighted by Crippen LogP contribution is -2.29. The molecule has 4 aromatic rings. The van der Waals surface area contributed by atoms with Gasteiger partial charge in [-0.3, -0.25) is 19.2 Å². The number of rotatable bonds is 7. The van der Waals surface area contributed by atoms with E-state index in [4.69, 9.17) is 4.74 Å². The summed E-state index contributed by atoms with van der Waals surface area (Å²) in [6.07, 6.45) is 0. The minimum Gasteiger partial charge on any atom is -0.460 e. The second-order valence-electron chi connectivity index (χ2n) is 8.81. The number of anilines is 1. The van der Waals surface area contributed by atoms with Gasteiger partial charge in [0.1, 0.15) is 6.61 Å². The first-order chi connectivity index (χ1) is 17.9. The SMILES string of the molecule is CC(C(=O)OCc1ccc(N2C(=O)c3ccccc3C2=O)cc1)c1cccc(C(=O)c2ccccc2)c1. The number of fused-ring (bicyclic) bond motifs is 1. The number of hydrogen-bond donors (Lipinski definition) is 0. The Balaban J connectivity index is 1.22. The Hall–Kier alpha value is -4.84. The van der Waals surface area contributed by atoms with Gasteiger partial charge in [-0.1, -0.05) is 72.8 Å². The van der Waals surface area contributed by atoms with E-state index in [-0.39, 0.29) is 24.2 Å². The van der Waals surface area contributed by atoms with E-state index >= 15 is 0 Å². The number of carbonyl (C=O) groups is 4. The highest BCUT2D eigenvalue weighted by Crippen LogP contribution is 2.28. The highest BCUT2D eigenvalue weighted by molar-refractivity contribution is 6.34. The number of nitrogens with zero attached hydrogens (tertiary/aromatic N) is 1. The van der Waals surface area contributed by atoms with Crippen molar-refractivity contribution >= 4 is 29.3 Å². The van der Waals surface area contributed by atoms with E-state index < -0.39 is 11.9 Å². The fourth-order valence-corrected chi connectivity index (χ4v) is 4.29. The third-order valence-electron chi connectivity index (χ3n) is 6.41. The van der Waals surface area contributed by atoms with Gasteiger partial charge in [0.05, 0.1) is 22.7 Å². The molecular weight excluding hydrogens is 466 g/mol. The molecule has 0 N–H and O–H groups in total. The molecule has 182 valence electrons. The Morgan fingerprint density at radius 1 is 0.730 bits per heavy atom. The first-order valence-corrected chi connectivity index (χ1v) is 11.9. The fourth-order valence-electron chi connectivity index (χ4n) is 4.29. The van der Waals surface area contributed by atoms with Crippen LogP contribution in [0.25, 0.3) is 0 Å². The van der Waals surface area contributed by atoms with Crippen molar-refractivity contribution in [2.45, 2.75) is 19.4 Å². The van der Waals surface area contributed by atoms with E-state index in [1.165, 1.54) is 0 Å². The van der Waals surface area contributed by atoms with Gasteiger partial charge in [0, 0.05) is 11.1 Å². The average Bonchev–Trinajstić information content (AvgIpc) is 3.21. The molecule has 1 aliphatic rings. The molecule has 0 radical (unpaired) electrons. The first kappa shape index (κ1) is 23.9. The van der Waals surface area contributed by atoms with Gasteiger partial charge in [-0.15, -0.1) is 0 Å². The molecule has 6 nitrogen and oxygen atoms in total. The molecule has 2 amide bonds. The third kappa shape index (κ3) is 4.69. The molecule has 1 atom stereocenters. The number of ether oxygens (including phenoxy) is 1. The molecule has 0 saturated heterocycles. The van der Waals surface area contributed by atoms with E-state index in [2.05, 4.69) is 0 Å². The second-order valence-corrected chi connectivity index (χ2v) is 8.81. The molecule has 6 heteroatoms. The van der Waals surface area contributed by atoms with Crippen molar-refractivity contribution < 1.29 is 23.9 Å². The van der Waals surface area contributed by atoms with Gasteiger partial charge in [-0.25, -0.2) is 4.90 Å². The lowest BCUT2D eigenvalue weighted by Gasteiger charge is -2.15. The van der Waals surface area contributed by atoms with E-state index in [1.54, 1.807) is 91.9 Å². The number of ketones is 1. The predicted octanol–water partition coefficient (Wildman–Crippen LogP) is 5.57. The van der Waals surface area contributed by atoms with Crippen LogP contribution in [-0.2, 0) is 16.1 Å². The van der Waals surface area contributed by atoms with Crippen molar-refractivity contribution in [2.24, 2.45) is 0 Å². The van der Waals surface area contributed by atoms with Crippen LogP contribution in [0.1, 0.15) is 60.6 Å². The number of imide groups is 1. The Labute approximate surface area is 214 Å². The van der Waals surface area contributed by atoms with Crippen LogP contribution in [0.3, 0.4) is 0 Å². The van der Waals surface area contributed by atoms with Crippen LogP contribution in [0, 0.1) is 0 Å². The highest BCUT2D eigenvalue weighted by Gasteiger charge is 2.36. The molecule has 0 fully saturated rings. The molecule has 1 unspecified atom stereocenters. The molecule has 1 aliphatic heterocycles. The summed E-state index contributed by atoms with van der Waals surface area (Å²) in [5, 5.41) is 0. The molecule has 0 aromatic heterocycles. The summed E-state index contributed by atoms with van der Waals surface area (Å²) in [5.41, 5.74) is 3.71. The topological polar surface area (TPSA) is 80.8 Å². The number of hydrogen-bond acceptors (Lipinski definition) is 5. The van der Waals surface area contributed by atoms with Crippen molar-refractivity contribution in [1.29, 1.82) is 0 Å². The third-order valence-corrected chi connectivity index (χ3v) is 6.41. The largest absolute Gasteiger partial charge is 0.460 e. The van der Waals surface area contributed by atoms with Gasteiger partial charge >= 0.3 is 5.97 Å². The van der Waals surface area contributed by atoms with Crippen molar-refractivity contribution in [3.8, 4) is 0 Å². The van der Waals surface area contributed by atoms with Crippen LogP contribution in [0.4, 0.5) is 5.69 Å². The van der Waals surface area contributed by atoms with Crippen molar-refractivity contribution in [1.82, 2.24) is 0 Å². The van der Waals surface area contributed by atoms with Crippen LogP contribution < -0.4 is 4.90 Å². The van der Waals surface area contributed by atoms with E-state index in [9.17, 15) is 19.2 Å². The number of amides is 2. The van der Waals surface area contributed by atoms with Crippen LogP contribution >= 0.6 is 0 Å². The van der Waals surface area contributed by atoms with Gasteiger partial charge < -0.3 is 4.74 Å². The molecule has 5 rings (SSSR count). The van der Waals surface area contributed by atoms with Crippen molar-refractivity contribution in [2.75, 3.05) is 4.90 Å². The van der Waals surface area contributed by atoms with Crippen LogP contribution in [0.15, 0.2) is 103 Å². The zero-order valence-electron chi connectivity index (χ0n) is 20.1. The standard InChI is InChI=1S/C31H23NO5/c1-20(23-10-7-11-24(18-23)28(33)22-8-3-2-4-9-22)31(36)37-19-21-14-16-25(17-15-21)32-29(34)26-12-5-6-13-27(26)30(32)35/h2-18,20H,19H2,1H3. The lowest BCUT2D eigenvalue weighted by molar-refractivity contribution is -0.146. The van der Waals surface area contributed by atoms with E-state index in [0.717, 1.165) is 4.90 Å². The van der Waals surface area contributed by atoms with Gasteiger partial charge in [-0.2, -0.15) is 0 Å². The van der Waals surface area contributed by atoms with Crippen LogP contribution in [-0.4, -0.2) is 23.6 Å². The van der Waals surface area contributed by atoms with Gasteiger partial charge in [0.25, 0.3) is 11.8 Å². The van der Waals surface area contributed by atoms with Gasteiger partial charge in [-0.05, 0) is 48.4 Å². The summed E-state index contributed by atoms with van der Waals surface area (Å²) < 4.78 is 5.52. The van der Waals surface area contributed by atoms with Crippen LogP contribution in [0.2, 0.25) is 0 Å². The van der Waals surface area contributed by atoms with E-state index in [0.29, 0.717) is 39.1 Å². The normalized spacial score (nSPS) is 13.3. The Morgan fingerprint density at radius 2 is 1.32 bits per heavy atom. The Kier molecular flexibility index (Phi) is 6.47. The first-order valence-electron chi connectivity index (χ1n) is 11.9. The summed E-state index contributed by atoms with van der Waals surface area (Å²) in [6, 6.07) is 29.5. The van der Waals surface area contributed by atoms with Crippen LogP contribution in [0.5, 0.6) is 0 Å². The molecule has 0 aliphatic carbocycles. The number of benzene rings is 4. The Morgan fingerprint density at radius 3 is 1.97 bits per heavy atom. The summed E-state index contributed by atoms with van der Waals surface area (Å²) in [7, 11) is 0. The quantitative estimate of drug-likeness (QED) is 0.193. The second kappa shape index (κ2) is 10.0. The zero-order chi connectivity index (χ0) is 25.9. The minimum atomic E-state index is -0.568. The summed E-state index contributed by atoms with van der Waals surface area (Å²) in [5.74, 6) is -1.82.